The maximum Gasteiger partial charge on any atom is 0.132 e. The van der Waals surface area contributed by atoms with Crippen LogP contribution in [0.25, 0.3) is 0 Å². The second-order valence-electron chi connectivity index (χ2n) is 12.0. The molecule has 0 bridgehead atoms. The average Bonchev–Trinajstić information content (AvgIpc) is 2.88. The standard InChI is InChI=1S/C35H68O2/c1-3-4-5-6-7-19-23-26-29-32-35(37)33-30-27-24-21-18-16-14-12-10-8-9-11-13-15-17-20-22-25-28-31-34(2)36/h3-33H2,1-2H3. The summed E-state index contributed by atoms with van der Waals surface area (Å²) >= 11 is 0. The summed E-state index contributed by atoms with van der Waals surface area (Å²) in [5.41, 5.74) is 0. The molecule has 0 unspecified atom stereocenters. The second-order valence-corrected chi connectivity index (χ2v) is 12.0. The van der Waals surface area contributed by atoms with Gasteiger partial charge in [0, 0.05) is 19.3 Å². The first-order valence-electron chi connectivity index (χ1n) is 17.2. The molecule has 0 aromatic heterocycles. The second kappa shape index (κ2) is 31.6. The summed E-state index contributed by atoms with van der Waals surface area (Å²) in [5, 5.41) is 0. The zero-order chi connectivity index (χ0) is 27.1. The Labute approximate surface area is 233 Å². The van der Waals surface area contributed by atoms with Gasteiger partial charge in [-0.1, -0.05) is 167 Å². The highest BCUT2D eigenvalue weighted by Crippen LogP contribution is 2.16. The van der Waals surface area contributed by atoms with Crippen LogP contribution in [0, 0.1) is 0 Å². The molecule has 220 valence electrons. The smallest absolute Gasteiger partial charge is 0.132 e. The molecule has 37 heavy (non-hydrogen) atoms. The summed E-state index contributed by atoms with van der Waals surface area (Å²) in [5.74, 6) is 0.857. The van der Waals surface area contributed by atoms with Gasteiger partial charge in [-0.25, -0.2) is 0 Å². The van der Waals surface area contributed by atoms with Crippen LogP contribution in [-0.4, -0.2) is 11.6 Å². The van der Waals surface area contributed by atoms with Crippen LogP contribution in [0.15, 0.2) is 0 Å². The lowest BCUT2D eigenvalue weighted by atomic mass is 10.0. The van der Waals surface area contributed by atoms with E-state index in [2.05, 4.69) is 6.92 Å². The van der Waals surface area contributed by atoms with Gasteiger partial charge in [0.15, 0.2) is 0 Å². The van der Waals surface area contributed by atoms with Gasteiger partial charge in [0.25, 0.3) is 0 Å². The van der Waals surface area contributed by atoms with Gasteiger partial charge in [-0.15, -0.1) is 0 Å². The minimum Gasteiger partial charge on any atom is -0.300 e. The molecule has 2 nitrogen and oxygen atoms in total. The van der Waals surface area contributed by atoms with Gasteiger partial charge < -0.3 is 4.79 Å². The van der Waals surface area contributed by atoms with E-state index in [0.717, 1.165) is 38.5 Å². The van der Waals surface area contributed by atoms with E-state index in [1.54, 1.807) is 6.92 Å². The van der Waals surface area contributed by atoms with Crippen molar-refractivity contribution in [3.8, 4) is 0 Å². The quantitative estimate of drug-likeness (QED) is 0.0826. The Hall–Kier alpha value is -0.660. The van der Waals surface area contributed by atoms with Crippen molar-refractivity contribution < 1.29 is 9.59 Å². The largest absolute Gasteiger partial charge is 0.300 e. The van der Waals surface area contributed by atoms with Gasteiger partial charge in [-0.05, 0) is 26.2 Å². The maximum atomic E-state index is 12.1. The fourth-order valence-corrected chi connectivity index (χ4v) is 5.46. The van der Waals surface area contributed by atoms with Crippen molar-refractivity contribution in [1.82, 2.24) is 0 Å². The molecular weight excluding hydrogens is 452 g/mol. The number of rotatable bonds is 32. The lowest BCUT2D eigenvalue weighted by Gasteiger charge is -2.04. The van der Waals surface area contributed by atoms with Crippen molar-refractivity contribution in [3.63, 3.8) is 0 Å². The first kappa shape index (κ1) is 36.3. The third kappa shape index (κ3) is 33.3. The molecule has 0 aromatic carbocycles. The Bertz CT molecular complexity index is 470. The number of hydrogen-bond acceptors (Lipinski definition) is 2. The van der Waals surface area contributed by atoms with Crippen molar-refractivity contribution >= 4 is 11.6 Å². The monoisotopic (exact) mass is 521 g/mol. The molecule has 0 aliphatic rings. The third-order valence-corrected chi connectivity index (χ3v) is 8.04. The van der Waals surface area contributed by atoms with Crippen molar-refractivity contribution in [2.75, 3.05) is 0 Å². The molecule has 0 rings (SSSR count). The lowest BCUT2D eigenvalue weighted by molar-refractivity contribution is -0.119. The van der Waals surface area contributed by atoms with Crippen LogP contribution in [0.5, 0.6) is 0 Å². The first-order valence-corrected chi connectivity index (χ1v) is 17.2. The molecule has 0 atom stereocenters. The molecule has 2 heteroatoms. The summed E-state index contributed by atoms with van der Waals surface area (Å²) < 4.78 is 0. The summed E-state index contributed by atoms with van der Waals surface area (Å²) in [7, 11) is 0. The Kier molecular flexibility index (Phi) is 31.0. The van der Waals surface area contributed by atoms with Crippen molar-refractivity contribution in [1.29, 1.82) is 0 Å². The van der Waals surface area contributed by atoms with Gasteiger partial charge in [-0.2, -0.15) is 0 Å². The van der Waals surface area contributed by atoms with Crippen LogP contribution < -0.4 is 0 Å². The Balaban J connectivity index is 3.13. The number of ketones is 2. The normalized spacial score (nSPS) is 11.3. The van der Waals surface area contributed by atoms with E-state index < -0.39 is 0 Å². The molecular formula is C35H68O2. The highest BCUT2D eigenvalue weighted by atomic mass is 16.1. The predicted molar refractivity (Wildman–Crippen MR) is 164 cm³/mol. The van der Waals surface area contributed by atoms with Gasteiger partial charge in [0.1, 0.15) is 11.6 Å². The van der Waals surface area contributed by atoms with E-state index in [1.807, 2.05) is 0 Å². The van der Waals surface area contributed by atoms with Gasteiger partial charge >= 0.3 is 0 Å². The minimum atomic E-state index is 0.343. The minimum absolute atomic E-state index is 0.343. The van der Waals surface area contributed by atoms with Crippen molar-refractivity contribution in [3.05, 3.63) is 0 Å². The van der Waals surface area contributed by atoms with Crippen LogP contribution >= 0.6 is 0 Å². The maximum absolute atomic E-state index is 12.1. The summed E-state index contributed by atoms with van der Waals surface area (Å²) in [6.45, 7) is 3.98. The van der Waals surface area contributed by atoms with Gasteiger partial charge in [-0.3, -0.25) is 4.79 Å². The Morgan fingerprint density at radius 1 is 0.324 bits per heavy atom. The van der Waals surface area contributed by atoms with Crippen LogP contribution in [0.3, 0.4) is 0 Å². The molecule has 0 N–H and O–H groups in total. The fraction of sp³-hybridized carbons (Fsp3) is 0.943. The van der Waals surface area contributed by atoms with Crippen LogP contribution in [0.1, 0.15) is 213 Å². The van der Waals surface area contributed by atoms with E-state index in [0.29, 0.717) is 11.6 Å². The topological polar surface area (TPSA) is 34.1 Å². The number of carbonyl (C=O) groups is 2. The van der Waals surface area contributed by atoms with E-state index in [9.17, 15) is 9.59 Å². The molecule has 0 heterocycles. The molecule has 0 aliphatic carbocycles. The summed E-state index contributed by atoms with van der Waals surface area (Å²) in [6.07, 6.45) is 40.0. The number of hydrogen-bond donors (Lipinski definition) is 0. The Morgan fingerprint density at radius 3 is 0.784 bits per heavy atom. The van der Waals surface area contributed by atoms with Crippen LogP contribution in [0.2, 0.25) is 0 Å². The van der Waals surface area contributed by atoms with E-state index in [4.69, 9.17) is 0 Å². The highest BCUT2D eigenvalue weighted by molar-refractivity contribution is 5.78. The molecule has 0 fully saturated rings. The van der Waals surface area contributed by atoms with E-state index in [-0.39, 0.29) is 0 Å². The molecule has 0 aromatic rings. The van der Waals surface area contributed by atoms with E-state index >= 15 is 0 Å². The fourth-order valence-electron chi connectivity index (χ4n) is 5.46. The summed E-state index contributed by atoms with van der Waals surface area (Å²) in [4.78, 5) is 23.0. The van der Waals surface area contributed by atoms with Gasteiger partial charge in [0.2, 0.25) is 0 Å². The number of carbonyl (C=O) groups excluding carboxylic acids is 2. The van der Waals surface area contributed by atoms with E-state index in [1.165, 1.54) is 161 Å². The zero-order valence-corrected chi connectivity index (χ0v) is 25.7. The molecule has 0 saturated heterocycles. The SMILES string of the molecule is CCCCCCCCCCCC(=O)CCCCCCCCCCCCCCCCCCCCCC(C)=O. The number of unbranched alkanes of at least 4 members (excludes halogenated alkanes) is 26. The molecule has 0 aliphatic heterocycles. The number of Topliss-reactive ketones (excluding diaryl/α,β-unsaturated/α-hetero) is 2. The lowest BCUT2D eigenvalue weighted by Crippen LogP contribution is -1.97. The average molecular weight is 521 g/mol. The molecule has 0 amide bonds. The third-order valence-electron chi connectivity index (χ3n) is 8.04. The van der Waals surface area contributed by atoms with Crippen molar-refractivity contribution in [2.24, 2.45) is 0 Å². The predicted octanol–water partition coefficient (Wildman–Crippen LogP) is 12.3. The highest BCUT2D eigenvalue weighted by Gasteiger charge is 2.02. The van der Waals surface area contributed by atoms with Crippen LogP contribution in [-0.2, 0) is 9.59 Å². The van der Waals surface area contributed by atoms with Gasteiger partial charge in [0.05, 0.1) is 0 Å². The molecule has 0 radical (unpaired) electrons. The van der Waals surface area contributed by atoms with Crippen LogP contribution in [0.4, 0.5) is 0 Å². The first-order chi connectivity index (χ1) is 18.2. The van der Waals surface area contributed by atoms with Crippen molar-refractivity contribution in [2.45, 2.75) is 213 Å². The molecule has 0 spiro atoms. The zero-order valence-electron chi connectivity index (χ0n) is 25.7. The summed E-state index contributed by atoms with van der Waals surface area (Å²) in [6, 6.07) is 0. The Morgan fingerprint density at radius 2 is 0.541 bits per heavy atom. The molecule has 0 saturated carbocycles.